The van der Waals surface area contributed by atoms with Crippen molar-refractivity contribution in [1.82, 2.24) is 10.2 Å². The van der Waals surface area contributed by atoms with E-state index in [1.807, 2.05) is 14.1 Å². The first-order valence-electron chi connectivity index (χ1n) is 5.84. The van der Waals surface area contributed by atoms with Crippen molar-refractivity contribution >= 4 is 11.5 Å². The molecule has 1 aromatic rings. The van der Waals surface area contributed by atoms with E-state index in [1.54, 1.807) is 24.3 Å². The maximum absolute atomic E-state index is 11.8. The quantitative estimate of drug-likeness (QED) is 0.420. The minimum absolute atomic E-state index is 0.0853. The molecule has 0 aliphatic rings. The second-order valence-corrected chi connectivity index (χ2v) is 4.38. The highest BCUT2D eigenvalue weighted by Gasteiger charge is 2.04. The van der Waals surface area contributed by atoms with Gasteiger partial charge in [-0.05, 0) is 45.7 Å². The molecule has 17 heavy (non-hydrogen) atoms. The Hall–Kier alpha value is -1.39. The number of benzene rings is 1. The van der Waals surface area contributed by atoms with Crippen LogP contribution in [0.25, 0.3) is 0 Å². The van der Waals surface area contributed by atoms with Gasteiger partial charge in [0, 0.05) is 11.3 Å². The van der Waals surface area contributed by atoms with Gasteiger partial charge in [0.2, 0.25) is 0 Å². The van der Waals surface area contributed by atoms with E-state index in [-0.39, 0.29) is 5.78 Å². The lowest BCUT2D eigenvalue weighted by atomic mass is 10.1. The number of nitrogens with one attached hydrogen (secondary N) is 1. The molecule has 0 aliphatic carbocycles. The van der Waals surface area contributed by atoms with Crippen molar-refractivity contribution in [2.24, 2.45) is 0 Å². The average molecular weight is 235 g/mol. The Balaban J connectivity index is 2.26. The molecule has 0 saturated heterocycles. The molecule has 1 rings (SSSR count). The molecule has 0 atom stereocenters. The molecule has 0 radical (unpaired) electrons. The van der Waals surface area contributed by atoms with E-state index in [4.69, 9.17) is 5.73 Å². The number of Topliss-reactive ketones (excluding diaryl/α,β-unsaturated/α-hetero) is 1. The van der Waals surface area contributed by atoms with Gasteiger partial charge in [0.15, 0.2) is 5.78 Å². The summed E-state index contributed by atoms with van der Waals surface area (Å²) in [7, 11) is 4.08. The number of ketones is 1. The number of carbonyl (C=O) groups excluding carboxylic acids is 1. The molecule has 4 heteroatoms. The average Bonchev–Trinajstić information content (AvgIpc) is 2.28. The predicted octanol–water partition coefficient (Wildman–Crippen LogP) is 0.993. The fraction of sp³-hybridized carbons (Fsp3) is 0.462. The highest BCUT2D eigenvalue weighted by Crippen LogP contribution is 2.06. The largest absolute Gasteiger partial charge is 0.399 e. The zero-order valence-electron chi connectivity index (χ0n) is 10.6. The molecule has 0 amide bonds. The normalized spacial score (nSPS) is 10.8. The molecule has 0 heterocycles. The molecule has 0 bridgehead atoms. The van der Waals surface area contributed by atoms with Crippen LogP contribution >= 0.6 is 0 Å². The van der Waals surface area contributed by atoms with Gasteiger partial charge in [-0.25, -0.2) is 0 Å². The number of hydrogen-bond donors (Lipinski definition) is 2. The Labute approximate surface area is 103 Å². The van der Waals surface area contributed by atoms with Crippen molar-refractivity contribution in [1.29, 1.82) is 0 Å². The SMILES string of the molecule is CN(C)CCCNCC(=O)c1cccc(N)c1. The molecule has 94 valence electrons. The topological polar surface area (TPSA) is 58.4 Å². The van der Waals surface area contributed by atoms with Crippen LogP contribution in [0.2, 0.25) is 0 Å². The molecule has 0 spiro atoms. The van der Waals surface area contributed by atoms with Crippen molar-refractivity contribution in [3.8, 4) is 0 Å². The highest BCUT2D eigenvalue weighted by atomic mass is 16.1. The van der Waals surface area contributed by atoms with E-state index < -0.39 is 0 Å². The Morgan fingerprint density at radius 2 is 2.18 bits per heavy atom. The van der Waals surface area contributed by atoms with Gasteiger partial charge < -0.3 is 16.0 Å². The van der Waals surface area contributed by atoms with Crippen LogP contribution in [0.5, 0.6) is 0 Å². The van der Waals surface area contributed by atoms with Crippen LogP contribution in [-0.4, -0.2) is 44.4 Å². The van der Waals surface area contributed by atoms with E-state index in [9.17, 15) is 4.79 Å². The number of rotatable bonds is 7. The first kappa shape index (κ1) is 13.7. The van der Waals surface area contributed by atoms with Crippen molar-refractivity contribution in [3.05, 3.63) is 29.8 Å². The van der Waals surface area contributed by atoms with Gasteiger partial charge in [-0.15, -0.1) is 0 Å². The van der Waals surface area contributed by atoms with E-state index >= 15 is 0 Å². The zero-order chi connectivity index (χ0) is 12.7. The maximum atomic E-state index is 11.8. The fourth-order valence-corrected chi connectivity index (χ4v) is 1.54. The number of carbonyl (C=O) groups is 1. The first-order chi connectivity index (χ1) is 8.09. The summed E-state index contributed by atoms with van der Waals surface area (Å²) < 4.78 is 0. The number of anilines is 1. The summed E-state index contributed by atoms with van der Waals surface area (Å²) in [6, 6.07) is 7.08. The highest BCUT2D eigenvalue weighted by molar-refractivity contribution is 5.98. The third-order valence-electron chi connectivity index (χ3n) is 2.45. The van der Waals surface area contributed by atoms with Gasteiger partial charge in [-0.2, -0.15) is 0 Å². The zero-order valence-corrected chi connectivity index (χ0v) is 10.6. The number of nitrogen functional groups attached to an aromatic ring is 1. The standard InChI is InChI=1S/C13H21N3O/c1-16(2)8-4-7-15-10-13(17)11-5-3-6-12(14)9-11/h3,5-6,9,15H,4,7-8,10,14H2,1-2H3. The Morgan fingerprint density at radius 3 is 2.82 bits per heavy atom. The molecule has 4 nitrogen and oxygen atoms in total. The van der Waals surface area contributed by atoms with E-state index in [1.165, 1.54) is 0 Å². The van der Waals surface area contributed by atoms with E-state index in [0.29, 0.717) is 17.8 Å². The lowest BCUT2D eigenvalue weighted by molar-refractivity contribution is 0.0991. The van der Waals surface area contributed by atoms with Crippen molar-refractivity contribution in [2.75, 3.05) is 39.5 Å². The summed E-state index contributed by atoms with van der Waals surface area (Å²) in [6.45, 7) is 2.25. The van der Waals surface area contributed by atoms with Gasteiger partial charge in [0.1, 0.15) is 0 Å². The van der Waals surface area contributed by atoms with E-state index in [2.05, 4.69) is 10.2 Å². The van der Waals surface area contributed by atoms with Gasteiger partial charge in [0.25, 0.3) is 0 Å². The predicted molar refractivity (Wildman–Crippen MR) is 71.2 cm³/mol. The molecule has 1 aromatic carbocycles. The number of nitrogens with two attached hydrogens (primary N) is 1. The molecule has 0 aliphatic heterocycles. The molecular weight excluding hydrogens is 214 g/mol. The summed E-state index contributed by atoms with van der Waals surface area (Å²) in [5, 5.41) is 3.14. The number of hydrogen-bond acceptors (Lipinski definition) is 4. The summed E-state index contributed by atoms with van der Waals surface area (Å²) in [5.74, 6) is 0.0853. The summed E-state index contributed by atoms with van der Waals surface area (Å²) in [4.78, 5) is 13.9. The van der Waals surface area contributed by atoms with Crippen LogP contribution in [0.1, 0.15) is 16.8 Å². The lowest BCUT2D eigenvalue weighted by Crippen LogP contribution is -2.26. The van der Waals surface area contributed by atoms with Gasteiger partial charge in [-0.3, -0.25) is 4.79 Å². The summed E-state index contributed by atoms with van der Waals surface area (Å²) in [5.41, 5.74) is 6.93. The molecule has 3 N–H and O–H groups in total. The third-order valence-corrected chi connectivity index (χ3v) is 2.45. The molecule has 0 aromatic heterocycles. The van der Waals surface area contributed by atoms with Crippen LogP contribution in [0, 0.1) is 0 Å². The lowest BCUT2D eigenvalue weighted by Gasteiger charge is -2.09. The Kier molecular flexibility index (Phi) is 5.66. The van der Waals surface area contributed by atoms with Crippen molar-refractivity contribution < 1.29 is 4.79 Å². The second-order valence-electron chi connectivity index (χ2n) is 4.38. The van der Waals surface area contributed by atoms with Crippen molar-refractivity contribution in [3.63, 3.8) is 0 Å². The van der Waals surface area contributed by atoms with E-state index in [0.717, 1.165) is 19.5 Å². The van der Waals surface area contributed by atoms with Gasteiger partial charge in [0.05, 0.1) is 6.54 Å². The van der Waals surface area contributed by atoms with Crippen LogP contribution < -0.4 is 11.1 Å². The smallest absolute Gasteiger partial charge is 0.176 e. The summed E-state index contributed by atoms with van der Waals surface area (Å²) >= 11 is 0. The maximum Gasteiger partial charge on any atom is 0.176 e. The Morgan fingerprint density at radius 1 is 1.41 bits per heavy atom. The Bertz CT molecular complexity index is 363. The van der Waals surface area contributed by atoms with Crippen molar-refractivity contribution in [2.45, 2.75) is 6.42 Å². The molecule has 0 fully saturated rings. The van der Waals surface area contributed by atoms with Crippen LogP contribution in [0.4, 0.5) is 5.69 Å². The van der Waals surface area contributed by atoms with Gasteiger partial charge in [-0.1, -0.05) is 12.1 Å². The molecular formula is C13H21N3O. The number of nitrogens with zero attached hydrogens (tertiary/aromatic N) is 1. The molecule has 0 unspecified atom stereocenters. The minimum atomic E-state index is 0.0853. The van der Waals surface area contributed by atoms with Crippen LogP contribution in [-0.2, 0) is 0 Å². The first-order valence-corrected chi connectivity index (χ1v) is 5.84. The minimum Gasteiger partial charge on any atom is -0.399 e. The third kappa shape index (κ3) is 5.47. The fourth-order valence-electron chi connectivity index (χ4n) is 1.54. The molecule has 0 saturated carbocycles. The summed E-state index contributed by atoms with van der Waals surface area (Å²) in [6.07, 6.45) is 1.04. The van der Waals surface area contributed by atoms with Gasteiger partial charge >= 0.3 is 0 Å². The monoisotopic (exact) mass is 235 g/mol. The van der Waals surface area contributed by atoms with Crippen LogP contribution in [0.15, 0.2) is 24.3 Å². The second kappa shape index (κ2) is 7.04. The van der Waals surface area contributed by atoms with Crippen LogP contribution in [0.3, 0.4) is 0 Å².